The zero-order valence-corrected chi connectivity index (χ0v) is 12.1. The second-order valence-corrected chi connectivity index (χ2v) is 4.86. The van der Waals surface area contributed by atoms with Crippen LogP contribution in [0.4, 0.5) is 10.1 Å². The number of hydrogen-bond donors (Lipinski definition) is 1. The van der Waals surface area contributed by atoms with E-state index >= 15 is 0 Å². The Balaban J connectivity index is 2.92. The van der Waals surface area contributed by atoms with Gasteiger partial charge in [-0.1, -0.05) is 19.9 Å². The highest BCUT2D eigenvalue weighted by molar-refractivity contribution is 5.49. The van der Waals surface area contributed by atoms with Crippen molar-refractivity contribution in [1.82, 2.24) is 5.32 Å². The monoisotopic (exact) mass is 252 g/mol. The molecular formula is C15H25FN2. The zero-order valence-electron chi connectivity index (χ0n) is 12.1. The first-order chi connectivity index (χ1) is 8.51. The number of nitrogens with zero attached hydrogens (tertiary/aromatic N) is 1. The van der Waals surface area contributed by atoms with Gasteiger partial charge in [-0.15, -0.1) is 0 Å². The first-order valence-corrected chi connectivity index (χ1v) is 6.76. The molecule has 1 N–H and O–H groups in total. The largest absolute Gasteiger partial charge is 0.370 e. The molecule has 18 heavy (non-hydrogen) atoms. The number of halogens is 1. The van der Waals surface area contributed by atoms with Crippen molar-refractivity contribution in [2.45, 2.75) is 46.2 Å². The second-order valence-electron chi connectivity index (χ2n) is 4.86. The fraction of sp³-hybridized carbons (Fsp3) is 0.600. The highest BCUT2D eigenvalue weighted by Gasteiger charge is 2.14. The van der Waals surface area contributed by atoms with E-state index in [1.54, 1.807) is 6.07 Å². The maximum Gasteiger partial charge on any atom is 0.146 e. The molecule has 2 atom stereocenters. The Morgan fingerprint density at radius 3 is 2.44 bits per heavy atom. The van der Waals surface area contributed by atoms with Gasteiger partial charge in [0.05, 0.1) is 5.69 Å². The van der Waals surface area contributed by atoms with Gasteiger partial charge in [0.25, 0.3) is 0 Å². The van der Waals surface area contributed by atoms with Crippen LogP contribution in [-0.4, -0.2) is 19.6 Å². The molecule has 1 aromatic rings. The molecular weight excluding hydrogens is 227 g/mol. The molecule has 1 aromatic carbocycles. The molecule has 0 bridgehead atoms. The van der Waals surface area contributed by atoms with E-state index < -0.39 is 0 Å². The SMILES string of the molecule is CCNC(C)c1ccc(N(C)C(C)CC)c(F)c1. The van der Waals surface area contributed by atoms with Crippen molar-refractivity contribution >= 4 is 5.69 Å². The summed E-state index contributed by atoms with van der Waals surface area (Å²) in [6.45, 7) is 9.21. The predicted octanol–water partition coefficient (Wildman–Crippen LogP) is 3.73. The van der Waals surface area contributed by atoms with Crippen molar-refractivity contribution in [3.05, 3.63) is 29.6 Å². The van der Waals surface area contributed by atoms with Gasteiger partial charge in [-0.25, -0.2) is 4.39 Å². The average molecular weight is 252 g/mol. The third-order valence-electron chi connectivity index (χ3n) is 3.61. The van der Waals surface area contributed by atoms with Crippen molar-refractivity contribution in [1.29, 1.82) is 0 Å². The molecule has 0 aliphatic heterocycles. The molecule has 0 fully saturated rings. The minimum atomic E-state index is -0.139. The molecule has 0 amide bonds. The van der Waals surface area contributed by atoms with Gasteiger partial charge in [-0.2, -0.15) is 0 Å². The standard InChI is InChI=1S/C15H25FN2/c1-6-11(3)18(5)15-9-8-13(10-14(15)16)12(4)17-7-2/h8-12,17H,6-7H2,1-5H3. The van der Waals surface area contributed by atoms with Crippen molar-refractivity contribution < 1.29 is 4.39 Å². The Hall–Kier alpha value is -1.09. The molecule has 2 nitrogen and oxygen atoms in total. The molecule has 0 radical (unpaired) electrons. The van der Waals surface area contributed by atoms with Gasteiger partial charge in [-0.05, 0) is 44.5 Å². The molecule has 0 spiro atoms. The van der Waals surface area contributed by atoms with Crippen LogP contribution < -0.4 is 10.2 Å². The maximum absolute atomic E-state index is 14.1. The topological polar surface area (TPSA) is 15.3 Å². The van der Waals surface area contributed by atoms with Crippen LogP contribution in [0.25, 0.3) is 0 Å². The summed E-state index contributed by atoms with van der Waals surface area (Å²) in [6, 6.07) is 6.06. The van der Waals surface area contributed by atoms with Crippen LogP contribution >= 0.6 is 0 Å². The predicted molar refractivity (Wildman–Crippen MR) is 76.6 cm³/mol. The Bertz CT molecular complexity index is 379. The first kappa shape index (κ1) is 15.0. The molecule has 3 heteroatoms. The lowest BCUT2D eigenvalue weighted by Crippen LogP contribution is -2.29. The fourth-order valence-electron chi connectivity index (χ4n) is 2.01. The van der Waals surface area contributed by atoms with E-state index in [0.29, 0.717) is 11.7 Å². The van der Waals surface area contributed by atoms with E-state index in [2.05, 4.69) is 33.0 Å². The van der Waals surface area contributed by atoms with Crippen LogP contribution in [-0.2, 0) is 0 Å². The van der Waals surface area contributed by atoms with Crippen LogP contribution in [0.3, 0.4) is 0 Å². The summed E-state index contributed by atoms with van der Waals surface area (Å²) in [5.74, 6) is -0.139. The molecule has 102 valence electrons. The lowest BCUT2D eigenvalue weighted by atomic mass is 10.1. The Labute approximate surface area is 110 Å². The number of anilines is 1. The van der Waals surface area contributed by atoms with Crippen molar-refractivity contribution in [2.24, 2.45) is 0 Å². The Morgan fingerprint density at radius 1 is 1.28 bits per heavy atom. The van der Waals surface area contributed by atoms with Gasteiger partial charge in [0.2, 0.25) is 0 Å². The van der Waals surface area contributed by atoms with E-state index in [4.69, 9.17) is 0 Å². The molecule has 1 rings (SSSR count). The summed E-state index contributed by atoms with van der Waals surface area (Å²) < 4.78 is 14.1. The van der Waals surface area contributed by atoms with Crippen molar-refractivity contribution in [2.75, 3.05) is 18.5 Å². The van der Waals surface area contributed by atoms with Gasteiger partial charge in [-0.3, -0.25) is 0 Å². The minimum Gasteiger partial charge on any atom is -0.370 e. The van der Waals surface area contributed by atoms with Crippen molar-refractivity contribution in [3.8, 4) is 0 Å². The van der Waals surface area contributed by atoms with Crippen LogP contribution in [0.15, 0.2) is 18.2 Å². The van der Waals surface area contributed by atoms with Gasteiger partial charge < -0.3 is 10.2 Å². The second kappa shape index (κ2) is 6.74. The summed E-state index contributed by atoms with van der Waals surface area (Å²) in [5.41, 5.74) is 1.67. The Morgan fingerprint density at radius 2 is 1.94 bits per heavy atom. The number of rotatable bonds is 6. The quantitative estimate of drug-likeness (QED) is 0.830. The highest BCUT2D eigenvalue weighted by Crippen LogP contribution is 2.24. The van der Waals surface area contributed by atoms with E-state index in [0.717, 1.165) is 18.5 Å². The average Bonchev–Trinajstić information content (AvgIpc) is 2.37. The molecule has 0 saturated heterocycles. The van der Waals surface area contributed by atoms with Gasteiger partial charge in [0.15, 0.2) is 0 Å². The molecule has 0 aliphatic rings. The molecule has 0 aromatic heterocycles. The van der Waals surface area contributed by atoms with Gasteiger partial charge >= 0.3 is 0 Å². The van der Waals surface area contributed by atoms with Gasteiger partial charge in [0.1, 0.15) is 5.82 Å². The molecule has 0 aliphatic carbocycles. The van der Waals surface area contributed by atoms with Crippen LogP contribution in [0.5, 0.6) is 0 Å². The number of hydrogen-bond acceptors (Lipinski definition) is 2. The third-order valence-corrected chi connectivity index (χ3v) is 3.61. The van der Waals surface area contributed by atoms with Crippen LogP contribution in [0.1, 0.15) is 45.7 Å². The van der Waals surface area contributed by atoms with E-state index in [9.17, 15) is 4.39 Å². The lowest BCUT2D eigenvalue weighted by Gasteiger charge is -2.27. The Kier molecular flexibility index (Phi) is 5.60. The molecule has 0 saturated carbocycles. The zero-order chi connectivity index (χ0) is 13.7. The maximum atomic E-state index is 14.1. The number of benzene rings is 1. The minimum absolute atomic E-state index is 0.139. The molecule has 2 unspecified atom stereocenters. The van der Waals surface area contributed by atoms with E-state index in [1.165, 1.54) is 0 Å². The molecule has 0 heterocycles. The van der Waals surface area contributed by atoms with Crippen molar-refractivity contribution in [3.63, 3.8) is 0 Å². The van der Waals surface area contributed by atoms with Gasteiger partial charge in [0, 0.05) is 19.1 Å². The number of nitrogens with one attached hydrogen (secondary N) is 1. The summed E-state index contributed by atoms with van der Waals surface area (Å²) in [5, 5.41) is 3.29. The summed E-state index contributed by atoms with van der Waals surface area (Å²) in [7, 11) is 1.94. The highest BCUT2D eigenvalue weighted by atomic mass is 19.1. The lowest BCUT2D eigenvalue weighted by molar-refractivity contribution is 0.575. The smallest absolute Gasteiger partial charge is 0.146 e. The fourth-order valence-corrected chi connectivity index (χ4v) is 2.01. The van der Waals surface area contributed by atoms with E-state index in [-0.39, 0.29) is 11.9 Å². The normalized spacial score (nSPS) is 14.3. The summed E-state index contributed by atoms with van der Waals surface area (Å²) >= 11 is 0. The third kappa shape index (κ3) is 3.45. The van der Waals surface area contributed by atoms with Crippen LogP contribution in [0, 0.1) is 5.82 Å². The first-order valence-electron chi connectivity index (χ1n) is 6.76. The van der Waals surface area contributed by atoms with Crippen LogP contribution in [0.2, 0.25) is 0 Å². The van der Waals surface area contributed by atoms with E-state index in [1.807, 2.05) is 24.1 Å². The summed E-state index contributed by atoms with van der Waals surface area (Å²) in [6.07, 6.45) is 1.01. The summed E-state index contributed by atoms with van der Waals surface area (Å²) in [4.78, 5) is 2.00.